The van der Waals surface area contributed by atoms with Crippen molar-refractivity contribution < 1.29 is 18.3 Å². The fraction of sp³-hybridized carbons (Fsp3) is 0.0526. The van der Waals surface area contributed by atoms with Crippen LogP contribution in [0.2, 0.25) is 0 Å². The molecule has 122 valence electrons. The summed E-state index contributed by atoms with van der Waals surface area (Å²) in [4.78, 5) is 0.477. The smallest absolute Gasteiger partial charge is 0.206 e. The SMILES string of the molecule is Cc1ccc(S(=O)(=O)c2ccc(Oc3ccc(O)cc3)cc2)cc1. The molecule has 3 rings (SSSR count). The van der Waals surface area contributed by atoms with E-state index in [1.165, 1.54) is 24.3 Å². The average molecular weight is 340 g/mol. The number of phenolic OH excluding ortho intramolecular Hbond substituents is 1. The maximum atomic E-state index is 12.6. The van der Waals surface area contributed by atoms with E-state index >= 15 is 0 Å². The van der Waals surface area contributed by atoms with Crippen molar-refractivity contribution in [1.29, 1.82) is 0 Å². The molecule has 0 atom stereocenters. The summed E-state index contributed by atoms with van der Waals surface area (Å²) in [6.45, 7) is 1.91. The molecule has 0 aliphatic heterocycles. The monoisotopic (exact) mass is 340 g/mol. The van der Waals surface area contributed by atoms with Crippen LogP contribution in [0.1, 0.15) is 5.56 Å². The number of aryl methyl sites for hydroxylation is 1. The van der Waals surface area contributed by atoms with E-state index in [-0.39, 0.29) is 15.5 Å². The van der Waals surface area contributed by atoms with Gasteiger partial charge >= 0.3 is 0 Å². The number of hydrogen-bond acceptors (Lipinski definition) is 4. The van der Waals surface area contributed by atoms with Gasteiger partial charge in [-0.25, -0.2) is 8.42 Å². The van der Waals surface area contributed by atoms with Gasteiger partial charge in [0.15, 0.2) is 0 Å². The summed E-state index contributed by atoms with van der Waals surface area (Å²) in [5.74, 6) is 1.23. The van der Waals surface area contributed by atoms with Gasteiger partial charge in [0.2, 0.25) is 9.84 Å². The van der Waals surface area contributed by atoms with E-state index in [9.17, 15) is 13.5 Å². The number of sulfone groups is 1. The lowest BCUT2D eigenvalue weighted by Crippen LogP contribution is -2.01. The maximum absolute atomic E-state index is 12.6. The van der Waals surface area contributed by atoms with Gasteiger partial charge in [-0.1, -0.05) is 17.7 Å². The van der Waals surface area contributed by atoms with Crippen LogP contribution in [0.15, 0.2) is 82.6 Å². The maximum Gasteiger partial charge on any atom is 0.206 e. The molecule has 24 heavy (non-hydrogen) atoms. The van der Waals surface area contributed by atoms with Gasteiger partial charge in [0.1, 0.15) is 17.2 Å². The molecule has 0 bridgehead atoms. The Morgan fingerprint density at radius 1 is 0.708 bits per heavy atom. The van der Waals surface area contributed by atoms with Crippen molar-refractivity contribution in [3.05, 3.63) is 78.4 Å². The van der Waals surface area contributed by atoms with E-state index in [1.807, 2.05) is 6.92 Å². The molecule has 0 amide bonds. The van der Waals surface area contributed by atoms with E-state index in [0.717, 1.165) is 5.56 Å². The van der Waals surface area contributed by atoms with Gasteiger partial charge in [0.05, 0.1) is 9.79 Å². The molecule has 0 spiro atoms. The van der Waals surface area contributed by atoms with Gasteiger partial charge in [-0.15, -0.1) is 0 Å². The van der Waals surface area contributed by atoms with Gasteiger partial charge in [0.25, 0.3) is 0 Å². The van der Waals surface area contributed by atoms with Gasteiger partial charge in [-0.2, -0.15) is 0 Å². The zero-order valence-corrected chi connectivity index (χ0v) is 13.8. The van der Waals surface area contributed by atoms with Gasteiger partial charge < -0.3 is 9.84 Å². The lowest BCUT2D eigenvalue weighted by Gasteiger charge is -2.08. The third-order valence-electron chi connectivity index (χ3n) is 3.54. The van der Waals surface area contributed by atoms with E-state index in [0.29, 0.717) is 11.5 Å². The number of ether oxygens (including phenoxy) is 1. The van der Waals surface area contributed by atoms with Gasteiger partial charge in [0, 0.05) is 0 Å². The Bertz CT molecular complexity index is 926. The third kappa shape index (κ3) is 3.41. The minimum absolute atomic E-state index is 0.155. The van der Waals surface area contributed by atoms with Crippen LogP contribution in [0.4, 0.5) is 0 Å². The zero-order valence-electron chi connectivity index (χ0n) is 13.0. The summed E-state index contributed by atoms with van der Waals surface area (Å²) in [6, 6.07) is 19.3. The fourth-order valence-electron chi connectivity index (χ4n) is 2.19. The summed E-state index contributed by atoms with van der Waals surface area (Å²) < 4.78 is 30.8. The predicted octanol–water partition coefficient (Wildman–Crippen LogP) is 4.33. The summed E-state index contributed by atoms with van der Waals surface area (Å²) in [5, 5.41) is 9.25. The molecule has 3 aromatic carbocycles. The number of rotatable bonds is 4. The van der Waals surface area contributed by atoms with Crippen LogP contribution >= 0.6 is 0 Å². The zero-order chi connectivity index (χ0) is 17.2. The van der Waals surface area contributed by atoms with Crippen LogP contribution in [0, 0.1) is 6.92 Å². The molecule has 0 saturated carbocycles. The first-order valence-electron chi connectivity index (χ1n) is 7.34. The molecular formula is C19H16O4S. The molecular weight excluding hydrogens is 324 g/mol. The third-order valence-corrected chi connectivity index (χ3v) is 5.32. The number of hydrogen-bond donors (Lipinski definition) is 1. The van der Waals surface area contributed by atoms with Crippen molar-refractivity contribution in [3.63, 3.8) is 0 Å². The molecule has 0 aliphatic rings. The molecule has 0 unspecified atom stereocenters. The van der Waals surface area contributed by atoms with Crippen molar-refractivity contribution in [1.82, 2.24) is 0 Å². The van der Waals surface area contributed by atoms with Crippen molar-refractivity contribution in [2.75, 3.05) is 0 Å². The van der Waals surface area contributed by atoms with Gasteiger partial charge in [-0.05, 0) is 67.6 Å². The summed E-state index contributed by atoms with van der Waals surface area (Å²) >= 11 is 0. The fourth-order valence-corrected chi connectivity index (χ4v) is 3.45. The first-order valence-corrected chi connectivity index (χ1v) is 8.82. The first kappa shape index (κ1) is 16.1. The van der Waals surface area contributed by atoms with Crippen LogP contribution in [0.25, 0.3) is 0 Å². The van der Waals surface area contributed by atoms with Crippen LogP contribution < -0.4 is 4.74 Å². The minimum Gasteiger partial charge on any atom is -0.508 e. The number of benzene rings is 3. The standard InChI is InChI=1S/C19H16O4S/c1-14-2-10-18(11-3-14)24(21,22)19-12-8-17(9-13-19)23-16-6-4-15(20)5-7-16/h2-13,20H,1H3. The second kappa shape index (κ2) is 6.37. The van der Waals surface area contributed by atoms with E-state index in [4.69, 9.17) is 4.74 Å². The predicted molar refractivity (Wildman–Crippen MR) is 91.3 cm³/mol. The lowest BCUT2D eigenvalue weighted by atomic mass is 10.2. The largest absolute Gasteiger partial charge is 0.508 e. The van der Waals surface area contributed by atoms with Crippen LogP contribution in [-0.2, 0) is 9.84 Å². The highest BCUT2D eigenvalue weighted by Crippen LogP contribution is 2.27. The van der Waals surface area contributed by atoms with Crippen LogP contribution in [-0.4, -0.2) is 13.5 Å². The minimum atomic E-state index is -3.54. The Balaban J connectivity index is 1.83. The van der Waals surface area contributed by atoms with Crippen molar-refractivity contribution in [2.45, 2.75) is 16.7 Å². The Labute approximate surface area is 140 Å². The highest BCUT2D eigenvalue weighted by atomic mass is 32.2. The Kier molecular flexibility index (Phi) is 4.27. The summed E-state index contributed by atoms with van der Waals surface area (Å²) in [7, 11) is -3.54. The van der Waals surface area contributed by atoms with E-state index in [1.54, 1.807) is 48.5 Å². The molecule has 0 aliphatic carbocycles. The molecule has 5 heteroatoms. The average Bonchev–Trinajstić information content (AvgIpc) is 2.58. The van der Waals surface area contributed by atoms with Crippen molar-refractivity contribution in [3.8, 4) is 17.2 Å². The topological polar surface area (TPSA) is 63.6 Å². The number of phenols is 1. The second-order valence-corrected chi connectivity index (χ2v) is 7.33. The molecule has 4 nitrogen and oxygen atoms in total. The summed E-state index contributed by atoms with van der Waals surface area (Å²) in [5.41, 5.74) is 1.01. The van der Waals surface area contributed by atoms with Gasteiger partial charge in [-0.3, -0.25) is 0 Å². The van der Waals surface area contributed by atoms with Crippen LogP contribution in [0.3, 0.4) is 0 Å². The number of aromatic hydroxyl groups is 1. The molecule has 0 saturated heterocycles. The Morgan fingerprint density at radius 3 is 1.62 bits per heavy atom. The van der Waals surface area contributed by atoms with Crippen molar-refractivity contribution >= 4 is 9.84 Å². The second-order valence-electron chi connectivity index (χ2n) is 5.38. The highest BCUT2D eigenvalue weighted by molar-refractivity contribution is 7.91. The highest BCUT2D eigenvalue weighted by Gasteiger charge is 2.17. The molecule has 0 heterocycles. The lowest BCUT2D eigenvalue weighted by molar-refractivity contribution is 0.464. The molecule has 0 aromatic heterocycles. The van der Waals surface area contributed by atoms with Crippen molar-refractivity contribution in [2.24, 2.45) is 0 Å². The summed E-state index contributed by atoms with van der Waals surface area (Å²) in [6.07, 6.45) is 0. The van der Waals surface area contributed by atoms with Crippen LogP contribution in [0.5, 0.6) is 17.2 Å². The Morgan fingerprint density at radius 2 is 1.12 bits per heavy atom. The van der Waals surface area contributed by atoms with E-state index < -0.39 is 9.84 Å². The Hall–Kier alpha value is -2.79. The molecule has 0 radical (unpaired) electrons. The van der Waals surface area contributed by atoms with E-state index in [2.05, 4.69) is 0 Å². The molecule has 3 aromatic rings. The molecule has 0 fully saturated rings. The normalized spacial score (nSPS) is 11.2. The first-order chi connectivity index (χ1) is 11.4. The quantitative estimate of drug-likeness (QED) is 0.768. The molecule has 1 N–H and O–H groups in total.